The molecule has 2 aliphatic rings. The highest BCUT2D eigenvalue weighted by molar-refractivity contribution is 5.78. The van der Waals surface area contributed by atoms with Crippen LogP contribution in [0.5, 0.6) is 5.75 Å². The van der Waals surface area contributed by atoms with E-state index in [1.807, 2.05) is 34.2 Å². The van der Waals surface area contributed by atoms with Crippen molar-refractivity contribution in [1.82, 2.24) is 15.3 Å². The fourth-order valence-corrected chi connectivity index (χ4v) is 3.76. The number of carbonyl (C=O) groups excluding carboxylic acids is 2. The first-order valence-corrected chi connectivity index (χ1v) is 10.2. The Hall–Kier alpha value is -2.12. The number of ether oxygens (including phenoxy) is 1. The van der Waals surface area contributed by atoms with E-state index in [1.165, 1.54) is 0 Å². The number of hydrogen-bond acceptors (Lipinski definition) is 5. The van der Waals surface area contributed by atoms with Crippen molar-refractivity contribution in [2.45, 2.75) is 32.1 Å². The third-order valence-corrected chi connectivity index (χ3v) is 5.38. The molecule has 1 aromatic carbocycles. The molecule has 1 aromatic rings. The molecule has 2 fully saturated rings. The van der Waals surface area contributed by atoms with E-state index in [-0.39, 0.29) is 11.8 Å². The zero-order valence-electron chi connectivity index (χ0n) is 16.7. The molecule has 2 amide bonds. The van der Waals surface area contributed by atoms with Crippen molar-refractivity contribution in [3.05, 3.63) is 29.8 Å². The number of carbonyl (C=O) groups is 2. The highest BCUT2D eigenvalue weighted by atomic mass is 16.7. The Labute approximate surface area is 166 Å². The molecule has 0 radical (unpaired) electrons. The number of piperidine rings is 1. The van der Waals surface area contributed by atoms with Gasteiger partial charge in [0.05, 0.1) is 20.1 Å². The van der Waals surface area contributed by atoms with Crippen molar-refractivity contribution < 1.29 is 19.2 Å². The van der Waals surface area contributed by atoms with Crippen LogP contribution >= 0.6 is 0 Å². The molecule has 2 heterocycles. The van der Waals surface area contributed by atoms with Gasteiger partial charge in [-0.2, -0.15) is 5.06 Å². The first kappa shape index (κ1) is 20.6. The average Bonchev–Trinajstić information content (AvgIpc) is 3.25. The molecule has 0 aromatic heterocycles. The molecule has 1 atom stereocenters. The van der Waals surface area contributed by atoms with Crippen molar-refractivity contribution in [2.24, 2.45) is 5.92 Å². The van der Waals surface area contributed by atoms with Gasteiger partial charge in [-0.05, 0) is 42.9 Å². The minimum absolute atomic E-state index is 0.0137. The summed E-state index contributed by atoms with van der Waals surface area (Å²) < 4.78 is 5.13. The molecule has 3 rings (SSSR count). The Morgan fingerprint density at radius 2 is 2.04 bits per heavy atom. The summed E-state index contributed by atoms with van der Waals surface area (Å²) in [5.74, 6) is 1.30. The highest BCUT2D eigenvalue weighted by Gasteiger charge is 2.24. The molecule has 2 saturated heterocycles. The highest BCUT2D eigenvalue weighted by Crippen LogP contribution is 2.17. The van der Waals surface area contributed by atoms with Gasteiger partial charge in [0.2, 0.25) is 11.8 Å². The zero-order valence-corrected chi connectivity index (χ0v) is 16.7. The van der Waals surface area contributed by atoms with E-state index < -0.39 is 0 Å². The topological polar surface area (TPSA) is 71.1 Å². The molecule has 0 unspecified atom stereocenters. The van der Waals surface area contributed by atoms with E-state index in [2.05, 4.69) is 5.32 Å². The van der Waals surface area contributed by atoms with Crippen molar-refractivity contribution in [3.8, 4) is 5.75 Å². The molecule has 154 valence electrons. The number of rotatable bonds is 8. The van der Waals surface area contributed by atoms with E-state index in [0.717, 1.165) is 56.8 Å². The van der Waals surface area contributed by atoms with Crippen LogP contribution in [-0.2, 0) is 20.8 Å². The average molecular weight is 389 g/mol. The molecule has 7 nitrogen and oxygen atoms in total. The number of hydroxylamine groups is 2. The first-order chi connectivity index (χ1) is 13.6. The minimum atomic E-state index is 0.0137. The van der Waals surface area contributed by atoms with Gasteiger partial charge in [-0.25, -0.2) is 0 Å². The maximum absolute atomic E-state index is 12.5. The number of benzene rings is 1. The summed E-state index contributed by atoms with van der Waals surface area (Å²) in [6, 6.07) is 7.54. The van der Waals surface area contributed by atoms with Gasteiger partial charge in [-0.1, -0.05) is 12.1 Å². The number of nitrogens with one attached hydrogen (secondary N) is 1. The number of nitrogens with zero attached hydrogens (tertiary/aromatic N) is 2. The normalized spacial score (nSPS) is 20.2. The Kier molecular flexibility index (Phi) is 7.68. The van der Waals surface area contributed by atoms with E-state index in [9.17, 15) is 9.59 Å². The summed E-state index contributed by atoms with van der Waals surface area (Å²) >= 11 is 0. The van der Waals surface area contributed by atoms with Crippen LogP contribution in [0.4, 0.5) is 0 Å². The third kappa shape index (κ3) is 6.21. The van der Waals surface area contributed by atoms with Gasteiger partial charge in [0.15, 0.2) is 0 Å². The van der Waals surface area contributed by atoms with Gasteiger partial charge in [0.1, 0.15) is 5.75 Å². The SMILES string of the molecule is COc1ccc(CC(=O)NC[C@H]2CCCN(C(=O)CCN3CCCO3)C2)cc1. The van der Waals surface area contributed by atoms with Crippen molar-refractivity contribution >= 4 is 11.8 Å². The smallest absolute Gasteiger partial charge is 0.224 e. The lowest BCUT2D eigenvalue weighted by atomic mass is 9.97. The Balaban J connectivity index is 1.37. The number of likely N-dealkylation sites (tertiary alicyclic amines) is 1. The summed E-state index contributed by atoms with van der Waals surface area (Å²) in [6.07, 6.45) is 3.93. The van der Waals surface area contributed by atoms with E-state index in [4.69, 9.17) is 9.57 Å². The third-order valence-electron chi connectivity index (χ3n) is 5.38. The number of hydrogen-bond donors (Lipinski definition) is 1. The van der Waals surface area contributed by atoms with Crippen LogP contribution in [0.3, 0.4) is 0 Å². The maximum atomic E-state index is 12.5. The number of amides is 2. The zero-order chi connectivity index (χ0) is 19.8. The van der Waals surface area contributed by atoms with Crippen LogP contribution in [0.2, 0.25) is 0 Å². The van der Waals surface area contributed by atoms with Gasteiger partial charge >= 0.3 is 0 Å². The maximum Gasteiger partial charge on any atom is 0.224 e. The monoisotopic (exact) mass is 389 g/mol. The van der Waals surface area contributed by atoms with E-state index >= 15 is 0 Å². The van der Waals surface area contributed by atoms with Crippen molar-refractivity contribution in [3.63, 3.8) is 0 Å². The lowest BCUT2D eigenvalue weighted by Crippen LogP contribution is -2.44. The van der Waals surface area contributed by atoms with Gasteiger partial charge in [0, 0.05) is 39.1 Å². The number of methoxy groups -OCH3 is 1. The van der Waals surface area contributed by atoms with E-state index in [1.54, 1.807) is 7.11 Å². The van der Waals surface area contributed by atoms with Gasteiger partial charge in [0.25, 0.3) is 0 Å². The molecular weight excluding hydrogens is 358 g/mol. The van der Waals surface area contributed by atoms with Crippen LogP contribution in [-0.4, -0.2) is 68.2 Å². The Morgan fingerprint density at radius 3 is 2.75 bits per heavy atom. The Morgan fingerprint density at radius 1 is 1.21 bits per heavy atom. The lowest BCUT2D eigenvalue weighted by Gasteiger charge is -2.33. The van der Waals surface area contributed by atoms with Crippen LogP contribution in [0.1, 0.15) is 31.2 Å². The molecule has 28 heavy (non-hydrogen) atoms. The van der Waals surface area contributed by atoms with Crippen molar-refractivity contribution in [2.75, 3.05) is 46.4 Å². The summed E-state index contributed by atoms with van der Waals surface area (Å²) in [6.45, 7) is 4.50. The second kappa shape index (κ2) is 10.4. The van der Waals surface area contributed by atoms with Crippen LogP contribution in [0.15, 0.2) is 24.3 Å². The predicted molar refractivity (Wildman–Crippen MR) is 106 cm³/mol. The van der Waals surface area contributed by atoms with Crippen LogP contribution in [0, 0.1) is 5.92 Å². The summed E-state index contributed by atoms with van der Waals surface area (Å²) in [4.78, 5) is 32.1. The summed E-state index contributed by atoms with van der Waals surface area (Å²) in [7, 11) is 1.63. The Bertz CT molecular complexity index is 644. The molecule has 1 N–H and O–H groups in total. The van der Waals surface area contributed by atoms with Gasteiger partial charge in [-0.15, -0.1) is 0 Å². The standard InChI is InChI=1S/C21H31N3O4/c1-27-19-7-5-17(6-8-19)14-20(25)22-15-18-4-2-10-23(16-18)21(26)9-12-24-11-3-13-28-24/h5-8,18H,2-4,9-16H2,1H3,(H,22,25)/t18-/m1/s1. The predicted octanol–water partition coefficient (Wildman–Crippen LogP) is 1.62. The minimum Gasteiger partial charge on any atom is -0.497 e. The summed E-state index contributed by atoms with van der Waals surface area (Å²) in [5, 5.41) is 4.92. The molecule has 0 bridgehead atoms. The first-order valence-electron chi connectivity index (χ1n) is 10.2. The summed E-state index contributed by atoms with van der Waals surface area (Å²) in [5.41, 5.74) is 0.961. The molecular formula is C21H31N3O4. The fraction of sp³-hybridized carbons (Fsp3) is 0.619. The van der Waals surface area contributed by atoms with Gasteiger partial charge in [-0.3, -0.25) is 14.4 Å². The molecule has 0 spiro atoms. The molecule has 0 aliphatic carbocycles. The van der Waals surface area contributed by atoms with E-state index in [0.29, 0.717) is 31.8 Å². The molecule has 2 aliphatic heterocycles. The lowest BCUT2D eigenvalue weighted by molar-refractivity contribution is -0.140. The second-order valence-corrected chi connectivity index (χ2v) is 7.54. The van der Waals surface area contributed by atoms with Crippen LogP contribution < -0.4 is 10.1 Å². The fourth-order valence-electron chi connectivity index (χ4n) is 3.76. The second-order valence-electron chi connectivity index (χ2n) is 7.54. The quantitative estimate of drug-likeness (QED) is 0.732. The van der Waals surface area contributed by atoms with Crippen molar-refractivity contribution in [1.29, 1.82) is 0 Å². The van der Waals surface area contributed by atoms with Gasteiger partial charge < -0.3 is 15.0 Å². The molecule has 0 saturated carbocycles. The van der Waals surface area contributed by atoms with Crippen LogP contribution in [0.25, 0.3) is 0 Å². The largest absolute Gasteiger partial charge is 0.497 e. The molecule has 7 heteroatoms.